The molecule has 0 bridgehead atoms. The minimum atomic E-state index is -1.31. The molecule has 0 aliphatic carbocycles. The molecule has 3 atom stereocenters. The van der Waals surface area contributed by atoms with Gasteiger partial charge >= 0.3 is 0 Å². The van der Waals surface area contributed by atoms with E-state index >= 15 is 0 Å². The first-order valence-electron chi connectivity index (χ1n) is 14.2. The van der Waals surface area contributed by atoms with Crippen molar-refractivity contribution in [1.82, 2.24) is 20.7 Å². The molecule has 0 radical (unpaired) electrons. The summed E-state index contributed by atoms with van der Waals surface area (Å²) in [7, 11) is 3.11. The number of aryl methyl sites for hydroxylation is 2. The first-order chi connectivity index (χ1) is 21.4. The van der Waals surface area contributed by atoms with Crippen LogP contribution < -0.4 is 15.4 Å². The molecule has 1 aromatic heterocycles. The van der Waals surface area contributed by atoms with E-state index in [1.54, 1.807) is 45.3 Å². The number of ketones is 1. The van der Waals surface area contributed by atoms with Crippen molar-refractivity contribution in [2.75, 3.05) is 20.7 Å². The van der Waals surface area contributed by atoms with Gasteiger partial charge in [0.15, 0.2) is 11.5 Å². The number of nitriles is 1. The largest absolute Gasteiger partial charge is 0.493 e. The van der Waals surface area contributed by atoms with Crippen LogP contribution in [0, 0.1) is 31.1 Å². The number of carbonyl (C=O) groups excluding carboxylic acids is 4. The number of nitrogens with zero attached hydrogens (tertiary/aromatic N) is 3. The van der Waals surface area contributed by atoms with Crippen molar-refractivity contribution in [2.45, 2.75) is 45.9 Å². The molecule has 0 aliphatic heterocycles. The maximum absolute atomic E-state index is 13.4. The molecule has 2 aromatic carbocycles. The van der Waals surface area contributed by atoms with Gasteiger partial charge in [0.2, 0.25) is 5.91 Å². The SMILES string of the molecule is Cc1ccc(CNC(=O)[C@H](COc2ccc(C=C(C#N)C(=O)N(C)C)cc2)CC(=O)[C@@H](NC(=O)c2cc(C)on2)[C@@H](C)O)cc1. The Morgan fingerprint density at radius 2 is 1.76 bits per heavy atom. The summed E-state index contributed by atoms with van der Waals surface area (Å²) >= 11 is 0. The van der Waals surface area contributed by atoms with E-state index in [9.17, 15) is 29.5 Å². The molecule has 0 saturated heterocycles. The highest BCUT2D eigenvalue weighted by Gasteiger charge is 2.31. The van der Waals surface area contributed by atoms with Crippen molar-refractivity contribution in [1.29, 1.82) is 5.26 Å². The molecule has 0 unspecified atom stereocenters. The Balaban J connectivity index is 1.75. The minimum absolute atomic E-state index is 0.0315. The summed E-state index contributed by atoms with van der Waals surface area (Å²) in [6.45, 7) is 4.96. The number of benzene rings is 2. The third-order valence-electron chi connectivity index (χ3n) is 6.78. The highest BCUT2D eigenvalue weighted by molar-refractivity contribution is 6.01. The second-order valence-corrected chi connectivity index (χ2v) is 10.8. The minimum Gasteiger partial charge on any atom is -0.493 e. The Morgan fingerprint density at radius 3 is 2.31 bits per heavy atom. The Morgan fingerprint density at radius 1 is 1.09 bits per heavy atom. The molecule has 0 saturated carbocycles. The van der Waals surface area contributed by atoms with Gasteiger partial charge in [0, 0.05) is 33.1 Å². The quantitative estimate of drug-likeness (QED) is 0.182. The summed E-state index contributed by atoms with van der Waals surface area (Å²) in [5.74, 6) is -2.35. The van der Waals surface area contributed by atoms with Crippen LogP contribution in [0.25, 0.3) is 6.08 Å². The Kier molecular flexibility index (Phi) is 12.1. The van der Waals surface area contributed by atoms with E-state index < -0.39 is 41.6 Å². The third-order valence-corrected chi connectivity index (χ3v) is 6.78. The van der Waals surface area contributed by atoms with Gasteiger partial charge in [-0.1, -0.05) is 47.1 Å². The molecule has 12 nitrogen and oxygen atoms in total. The van der Waals surface area contributed by atoms with Gasteiger partial charge in [0.25, 0.3) is 11.8 Å². The summed E-state index contributed by atoms with van der Waals surface area (Å²) in [5.41, 5.74) is 2.45. The molecule has 45 heavy (non-hydrogen) atoms. The van der Waals surface area contributed by atoms with Crippen LogP contribution in [0.4, 0.5) is 0 Å². The number of rotatable bonds is 14. The van der Waals surface area contributed by atoms with E-state index in [0.29, 0.717) is 17.1 Å². The zero-order valence-corrected chi connectivity index (χ0v) is 25.9. The van der Waals surface area contributed by atoms with Gasteiger partial charge in [-0.25, -0.2) is 0 Å². The second-order valence-electron chi connectivity index (χ2n) is 10.8. The zero-order valence-electron chi connectivity index (χ0n) is 25.9. The molecular weight excluding hydrogens is 578 g/mol. The average Bonchev–Trinajstić information content (AvgIpc) is 3.46. The van der Waals surface area contributed by atoms with E-state index in [0.717, 1.165) is 11.1 Å². The lowest BCUT2D eigenvalue weighted by molar-refractivity contribution is -0.132. The van der Waals surface area contributed by atoms with E-state index in [-0.39, 0.29) is 30.8 Å². The fourth-order valence-corrected chi connectivity index (χ4v) is 4.20. The van der Waals surface area contributed by atoms with Gasteiger partial charge in [0.05, 0.1) is 12.0 Å². The topological polar surface area (TPSA) is 175 Å². The van der Waals surface area contributed by atoms with Crippen molar-refractivity contribution in [3.05, 3.63) is 88.3 Å². The Hall–Kier alpha value is -5.28. The van der Waals surface area contributed by atoms with Crippen molar-refractivity contribution in [2.24, 2.45) is 5.92 Å². The number of nitrogens with one attached hydrogen (secondary N) is 2. The third kappa shape index (κ3) is 10.1. The van der Waals surface area contributed by atoms with Crippen LogP contribution in [0.1, 0.15) is 46.3 Å². The number of hydrogen-bond acceptors (Lipinski definition) is 9. The molecule has 3 rings (SSSR count). The lowest BCUT2D eigenvalue weighted by atomic mass is 9.95. The molecular formula is C33H37N5O7. The maximum atomic E-state index is 13.4. The summed E-state index contributed by atoms with van der Waals surface area (Å²) in [5, 5.41) is 28.6. The van der Waals surface area contributed by atoms with Crippen molar-refractivity contribution >= 4 is 29.6 Å². The van der Waals surface area contributed by atoms with Crippen LogP contribution in [0.15, 0.2) is 64.7 Å². The molecule has 3 N–H and O–H groups in total. The predicted octanol–water partition coefficient (Wildman–Crippen LogP) is 2.74. The number of amides is 3. The second kappa shape index (κ2) is 16.0. The highest BCUT2D eigenvalue weighted by atomic mass is 16.5. The van der Waals surface area contributed by atoms with Crippen molar-refractivity contribution in [3.8, 4) is 11.8 Å². The van der Waals surface area contributed by atoms with Gasteiger partial charge in [-0.15, -0.1) is 0 Å². The molecule has 0 aliphatic rings. The zero-order chi connectivity index (χ0) is 33.1. The monoisotopic (exact) mass is 615 g/mol. The van der Waals surface area contributed by atoms with Gasteiger partial charge in [-0.2, -0.15) is 5.26 Å². The fraction of sp³-hybridized carbons (Fsp3) is 0.333. The predicted molar refractivity (Wildman–Crippen MR) is 165 cm³/mol. The molecule has 236 valence electrons. The first kappa shape index (κ1) is 34.2. The number of Topliss-reactive ketones (excluding diaryl/α,β-unsaturated/α-hetero) is 1. The van der Waals surface area contributed by atoms with Crippen LogP contribution in [-0.2, 0) is 20.9 Å². The summed E-state index contributed by atoms with van der Waals surface area (Å²) in [6.07, 6.45) is -0.145. The van der Waals surface area contributed by atoms with Crippen molar-refractivity contribution < 1.29 is 33.5 Å². The van der Waals surface area contributed by atoms with Crippen molar-refractivity contribution in [3.63, 3.8) is 0 Å². The van der Waals surface area contributed by atoms with Crippen LogP contribution in [-0.4, -0.2) is 71.5 Å². The van der Waals surface area contributed by atoms with E-state index in [4.69, 9.17) is 9.26 Å². The lowest BCUT2D eigenvalue weighted by Crippen LogP contribution is -2.49. The summed E-state index contributed by atoms with van der Waals surface area (Å²) in [4.78, 5) is 52.8. The van der Waals surface area contributed by atoms with Crippen LogP contribution >= 0.6 is 0 Å². The summed E-state index contributed by atoms with van der Waals surface area (Å²) < 4.78 is 10.8. The highest BCUT2D eigenvalue weighted by Crippen LogP contribution is 2.18. The lowest BCUT2D eigenvalue weighted by Gasteiger charge is -2.23. The molecule has 1 heterocycles. The Bertz CT molecular complexity index is 1570. The first-order valence-corrected chi connectivity index (χ1v) is 14.2. The molecule has 0 spiro atoms. The standard InChI is InChI=1S/C33H37N5O7/c1-20-6-8-24(9-7-20)18-35-31(41)26(16-29(40)30(22(3)39)36-32(42)28-14-21(2)45-37-28)19-44-27-12-10-23(11-13-27)15-25(17-34)33(43)38(4)5/h6-15,22,26,30,39H,16,18-19H2,1-5H3,(H,35,41)(H,36,42)/t22-,26+,30+/m1/s1. The fourth-order valence-electron chi connectivity index (χ4n) is 4.20. The Labute approximate surface area is 261 Å². The normalized spacial score (nSPS) is 13.1. The van der Waals surface area contributed by atoms with Gasteiger partial charge in [-0.3, -0.25) is 19.2 Å². The smallest absolute Gasteiger partial charge is 0.274 e. The molecule has 0 fully saturated rings. The molecule has 3 amide bonds. The number of ether oxygens (including phenoxy) is 1. The van der Waals surface area contributed by atoms with Crippen LogP contribution in [0.3, 0.4) is 0 Å². The van der Waals surface area contributed by atoms with Gasteiger partial charge in [-0.05, 0) is 50.1 Å². The maximum Gasteiger partial charge on any atom is 0.274 e. The number of aliphatic hydroxyl groups is 1. The average molecular weight is 616 g/mol. The van der Waals surface area contributed by atoms with Gasteiger partial charge in [0.1, 0.15) is 35.8 Å². The number of aromatic nitrogens is 1. The number of aliphatic hydroxyl groups excluding tert-OH is 1. The summed E-state index contributed by atoms with van der Waals surface area (Å²) in [6, 6.07) is 16.1. The van der Waals surface area contributed by atoms with E-state index in [1.165, 1.54) is 24.0 Å². The van der Waals surface area contributed by atoms with Gasteiger partial charge < -0.3 is 29.9 Å². The van der Waals surface area contributed by atoms with Crippen LogP contribution in [0.5, 0.6) is 5.75 Å². The molecule has 3 aromatic rings. The molecule has 12 heteroatoms. The number of hydrogen-bond donors (Lipinski definition) is 3. The van der Waals surface area contributed by atoms with E-state index in [2.05, 4.69) is 15.8 Å². The van der Waals surface area contributed by atoms with Crippen LogP contribution in [0.2, 0.25) is 0 Å². The number of likely N-dealkylation sites (N-methyl/N-ethyl adjacent to an activating group) is 1. The number of carbonyl (C=O) groups is 4. The van der Waals surface area contributed by atoms with E-state index in [1.807, 2.05) is 37.3 Å².